The number of halogens is 1. The average Bonchev–Trinajstić information content (AvgIpc) is 2.83. The summed E-state index contributed by atoms with van der Waals surface area (Å²) < 4.78 is 0. The van der Waals surface area contributed by atoms with E-state index in [1.54, 1.807) is 36.7 Å². The number of aliphatic carboxylic acids is 1. The molecule has 1 aromatic heterocycles. The Balaban J connectivity index is 0.00000385. The van der Waals surface area contributed by atoms with Crippen molar-refractivity contribution in [2.24, 2.45) is 0 Å². The topological polar surface area (TPSA) is 108 Å². The van der Waals surface area contributed by atoms with Gasteiger partial charge in [-0.1, -0.05) is 48.5 Å². The van der Waals surface area contributed by atoms with E-state index in [9.17, 15) is 19.5 Å². The first-order chi connectivity index (χ1) is 15.5. The van der Waals surface area contributed by atoms with E-state index >= 15 is 0 Å². The second-order valence-electron chi connectivity index (χ2n) is 6.95. The molecule has 3 N–H and O–H groups in total. The van der Waals surface area contributed by atoms with Crippen LogP contribution in [-0.4, -0.2) is 45.5 Å². The van der Waals surface area contributed by atoms with E-state index in [1.165, 1.54) is 18.0 Å². The van der Waals surface area contributed by atoms with E-state index in [2.05, 4.69) is 15.6 Å². The lowest BCUT2D eigenvalue weighted by atomic mass is 9.99. The van der Waals surface area contributed by atoms with Gasteiger partial charge in [0.15, 0.2) is 0 Å². The predicted molar refractivity (Wildman–Crippen MR) is 132 cm³/mol. The molecule has 0 spiro atoms. The Bertz CT molecular complexity index is 1080. The van der Waals surface area contributed by atoms with Gasteiger partial charge in [0.1, 0.15) is 6.04 Å². The number of thioether (sulfide) groups is 1. The van der Waals surface area contributed by atoms with Crippen LogP contribution >= 0.6 is 24.2 Å². The lowest BCUT2D eigenvalue weighted by molar-refractivity contribution is -0.139. The molecular weight excluding hydrogens is 462 g/mol. The zero-order valence-corrected chi connectivity index (χ0v) is 19.4. The number of carbonyl (C=O) groups is 3. The molecule has 0 saturated carbocycles. The summed E-state index contributed by atoms with van der Waals surface area (Å²) in [5, 5.41) is 14.6. The molecule has 3 aromatic rings. The molecule has 172 valence electrons. The van der Waals surface area contributed by atoms with E-state index in [4.69, 9.17) is 0 Å². The maximum Gasteiger partial charge on any atom is 0.326 e. The van der Waals surface area contributed by atoms with Crippen LogP contribution in [0.15, 0.2) is 79.1 Å². The van der Waals surface area contributed by atoms with E-state index in [0.29, 0.717) is 16.7 Å². The quantitative estimate of drug-likeness (QED) is 0.397. The molecule has 0 bridgehead atoms. The molecule has 1 heterocycles. The fourth-order valence-corrected chi connectivity index (χ4v) is 3.77. The number of aromatic nitrogens is 1. The molecule has 0 radical (unpaired) electrons. The lowest BCUT2D eigenvalue weighted by Gasteiger charge is -2.22. The van der Waals surface area contributed by atoms with Gasteiger partial charge in [0.05, 0.1) is 10.9 Å². The molecule has 0 saturated heterocycles. The van der Waals surface area contributed by atoms with Crippen LogP contribution < -0.4 is 10.6 Å². The largest absolute Gasteiger partial charge is 0.480 e. The van der Waals surface area contributed by atoms with Crippen LogP contribution in [-0.2, 0) is 4.79 Å². The zero-order valence-electron chi connectivity index (χ0n) is 17.8. The number of pyridine rings is 1. The Hall–Kier alpha value is -3.36. The van der Waals surface area contributed by atoms with Crippen LogP contribution in [0.2, 0.25) is 0 Å². The van der Waals surface area contributed by atoms with Crippen molar-refractivity contribution in [2.75, 3.05) is 6.26 Å². The maximum absolute atomic E-state index is 13.0. The molecular formula is C24H24ClN3O4S. The summed E-state index contributed by atoms with van der Waals surface area (Å²) in [7, 11) is 0. The molecule has 2 aromatic carbocycles. The SMILES string of the molecule is CSC(CC(NC(=O)c1ccccc1-c1ccccc1)C(=O)O)NC(=O)c1cccnc1.Cl. The Kier molecular flexibility index (Phi) is 9.90. The molecule has 33 heavy (non-hydrogen) atoms. The van der Waals surface area contributed by atoms with Gasteiger partial charge in [-0.05, 0) is 35.6 Å². The average molecular weight is 486 g/mol. The summed E-state index contributed by atoms with van der Waals surface area (Å²) >= 11 is 1.29. The smallest absolute Gasteiger partial charge is 0.326 e. The third kappa shape index (κ3) is 7.06. The van der Waals surface area contributed by atoms with Crippen molar-refractivity contribution >= 4 is 42.0 Å². The van der Waals surface area contributed by atoms with Crippen LogP contribution in [0.4, 0.5) is 0 Å². The number of nitrogens with one attached hydrogen (secondary N) is 2. The molecule has 2 atom stereocenters. The highest BCUT2D eigenvalue weighted by atomic mass is 35.5. The summed E-state index contributed by atoms with van der Waals surface area (Å²) in [5.41, 5.74) is 2.32. The minimum Gasteiger partial charge on any atom is -0.480 e. The number of carboxylic acids is 1. The first-order valence-electron chi connectivity index (χ1n) is 9.91. The Morgan fingerprint density at radius 2 is 1.64 bits per heavy atom. The van der Waals surface area contributed by atoms with Gasteiger partial charge >= 0.3 is 5.97 Å². The molecule has 0 fully saturated rings. The maximum atomic E-state index is 13.0. The van der Waals surface area contributed by atoms with Crippen molar-refractivity contribution in [3.8, 4) is 11.1 Å². The van der Waals surface area contributed by atoms with E-state index in [1.807, 2.05) is 42.5 Å². The first-order valence-corrected chi connectivity index (χ1v) is 11.2. The monoisotopic (exact) mass is 485 g/mol. The highest BCUT2D eigenvalue weighted by molar-refractivity contribution is 7.99. The Labute approximate surface area is 202 Å². The van der Waals surface area contributed by atoms with Gasteiger partial charge in [-0.2, -0.15) is 0 Å². The fourth-order valence-electron chi connectivity index (χ4n) is 3.16. The van der Waals surface area contributed by atoms with Crippen molar-refractivity contribution in [1.82, 2.24) is 15.6 Å². The summed E-state index contributed by atoms with van der Waals surface area (Å²) in [5.74, 6) is -2.03. The lowest BCUT2D eigenvalue weighted by Crippen LogP contribution is -2.46. The zero-order chi connectivity index (χ0) is 22.9. The molecule has 2 amide bonds. The minimum absolute atomic E-state index is 0. The molecule has 0 aliphatic heterocycles. The third-order valence-electron chi connectivity index (χ3n) is 4.81. The number of benzene rings is 2. The molecule has 2 unspecified atom stereocenters. The number of hydrogen-bond acceptors (Lipinski definition) is 5. The van der Waals surface area contributed by atoms with Crippen LogP contribution in [0.25, 0.3) is 11.1 Å². The summed E-state index contributed by atoms with van der Waals surface area (Å²) in [6.07, 6.45) is 4.77. The standard InChI is InChI=1S/C24H23N3O4S.ClH/c1-32-21(27-22(28)17-10-7-13-25-15-17)14-20(24(30)31)26-23(29)19-12-6-5-11-18(19)16-8-3-2-4-9-16;/h2-13,15,20-21H,14H2,1H3,(H,26,29)(H,27,28)(H,30,31);1H. The van der Waals surface area contributed by atoms with Gasteiger partial charge < -0.3 is 15.7 Å². The Morgan fingerprint density at radius 1 is 0.939 bits per heavy atom. The van der Waals surface area contributed by atoms with Gasteiger partial charge in [0, 0.05) is 24.4 Å². The van der Waals surface area contributed by atoms with Crippen molar-refractivity contribution < 1.29 is 19.5 Å². The van der Waals surface area contributed by atoms with Crippen molar-refractivity contribution in [2.45, 2.75) is 17.8 Å². The molecule has 3 rings (SSSR count). The van der Waals surface area contributed by atoms with Gasteiger partial charge in [-0.3, -0.25) is 14.6 Å². The summed E-state index contributed by atoms with van der Waals surface area (Å²) in [6, 6.07) is 18.5. The number of amides is 2. The van der Waals surface area contributed by atoms with Gasteiger partial charge in [-0.25, -0.2) is 4.79 Å². The summed E-state index contributed by atoms with van der Waals surface area (Å²) in [6.45, 7) is 0. The second kappa shape index (κ2) is 12.6. The van der Waals surface area contributed by atoms with E-state index in [-0.39, 0.29) is 24.7 Å². The number of carbonyl (C=O) groups excluding carboxylic acids is 2. The normalized spacial score (nSPS) is 12.0. The van der Waals surface area contributed by atoms with Crippen LogP contribution in [0, 0.1) is 0 Å². The molecule has 9 heteroatoms. The number of carboxylic acid groups (broad SMARTS) is 1. The van der Waals surface area contributed by atoms with Gasteiger partial charge in [0.25, 0.3) is 11.8 Å². The molecule has 0 aliphatic carbocycles. The van der Waals surface area contributed by atoms with E-state index in [0.717, 1.165) is 5.56 Å². The second-order valence-corrected chi connectivity index (χ2v) is 7.99. The van der Waals surface area contributed by atoms with Crippen molar-refractivity contribution in [3.63, 3.8) is 0 Å². The highest BCUT2D eigenvalue weighted by Gasteiger charge is 2.26. The third-order valence-corrected chi connectivity index (χ3v) is 5.69. The number of hydrogen-bond donors (Lipinski definition) is 3. The highest BCUT2D eigenvalue weighted by Crippen LogP contribution is 2.23. The minimum atomic E-state index is -1.18. The van der Waals surface area contributed by atoms with Crippen LogP contribution in [0.5, 0.6) is 0 Å². The van der Waals surface area contributed by atoms with Crippen LogP contribution in [0.3, 0.4) is 0 Å². The molecule has 7 nitrogen and oxygen atoms in total. The van der Waals surface area contributed by atoms with Crippen molar-refractivity contribution in [1.29, 1.82) is 0 Å². The summed E-state index contributed by atoms with van der Waals surface area (Å²) in [4.78, 5) is 41.2. The Morgan fingerprint density at radius 3 is 2.27 bits per heavy atom. The van der Waals surface area contributed by atoms with Gasteiger partial charge in [0.2, 0.25) is 0 Å². The molecule has 0 aliphatic rings. The van der Waals surface area contributed by atoms with E-state index < -0.39 is 23.3 Å². The van der Waals surface area contributed by atoms with Crippen molar-refractivity contribution in [3.05, 3.63) is 90.3 Å². The first kappa shape index (κ1) is 25.9. The van der Waals surface area contributed by atoms with Gasteiger partial charge in [-0.15, -0.1) is 24.2 Å². The van der Waals surface area contributed by atoms with Crippen LogP contribution in [0.1, 0.15) is 27.1 Å². The predicted octanol–water partition coefficient (Wildman–Crippen LogP) is 3.86. The number of nitrogens with zero attached hydrogens (tertiary/aromatic N) is 1. The number of rotatable bonds is 9. The fraction of sp³-hybridized carbons (Fsp3) is 0.167.